The number of nitrogens with two attached hydrogens (primary N) is 1. The third-order valence-corrected chi connectivity index (χ3v) is 2.19. The van der Waals surface area contributed by atoms with E-state index in [0.29, 0.717) is 18.9 Å². The number of benzene rings is 1. The number of phenols is 1. The molecule has 0 amide bonds. The van der Waals surface area contributed by atoms with Gasteiger partial charge in [0, 0.05) is 0 Å². The zero-order valence-corrected chi connectivity index (χ0v) is 9.86. The molecule has 0 fully saturated rings. The van der Waals surface area contributed by atoms with E-state index in [1.54, 1.807) is 6.07 Å². The highest BCUT2D eigenvalue weighted by molar-refractivity contribution is 5.42. The van der Waals surface area contributed by atoms with Crippen molar-refractivity contribution >= 4 is 0 Å². The van der Waals surface area contributed by atoms with Crippen LogP contribution in [0.5, 0.6) is 11.5 Å². The molecule has 88 valence electrons. The molecule has 3 heteroatoms. The van der Waals surface area contributed by atoms with Crippen LogP contribution in [-0.4, -0.2) is 18.3 Å². The number of aromatic hydroxyl groups is 1. The van der Waals surface area contributed by atoms with Crippen LogP contribution in [0.3, 0.4) is 0 Å². The Hall–Kier alpha value is -1.48. The number of phenolic OH excluding ortho intramolecular Hbond substituents is 1. The van der Waals surface area contributed by atoms with Gasteiger partial charge in [-0.2, -0.15) is 0 Å². The highest BCUT2D eigenvalue weighted by Gasteiger charge is 2.02. The molecule has 0 aromatic heterocycles. The summed E-state index contributed by atoms with van der Waals surface area (Å²) >= 11 is 0. The fourth-order valence-corrected chi connectivity index (χ4v) is 1.29. The lowest BCUT2D eigenvalue weighted by molar-refractivity contribution is 0.335. The molecule has 3 N–H and O–H groups in total. The largest absolute Gasteiger partial charge is 0.504 e. The van der Waals surface area contributed by atoms with E-state index in [2.05, 4.69) is 0 Å². The predicted octanol–water partition coefficient (Wildman–Crippen LogP) is 2.24. The van der Waals surface area contributed by atoms with E-state index in [4.69, 9.17) is 10.5 Å². The molecular formula is C13H19NO2. The van der Waals surface area contributed by atoms with Gasteiger partial charge >= 0.3 is 0 Å². The molecule has 0 heterocycles. The first-order valence-corrected chi connectivity index (χ1v) is 5.41. The van der Waals surface area contributed by atoms with Crippen LogP contribution in [0, 0.1) is 0 Å². The Kier molecular flexibility index (Phi) is 4.86. The maximum atomic E-state index is 9.59. The Balaban J connectivity index is 2.70. The summed E-state index contributed by atoms with van der Waals surface area (Å²) in [5, 5.41) is 9.59. The number of hydrogen-bond donors (Lipinski definition) is 2. The molecule has 0 radical (unpaired) electrons. The first kappa shape index (κ1) is 12.6. The van der Waals surface area contributed by atoms with E-state index in [1.165, 1.54) is 5.57 Å². The molecule has 16 heavy (non-hydrogen) atoms. The molecule has 0 bridgehead atoms. The topological polar surface area (TPSA) is 55.5 Å². The van der Waals surface area contributed by atoms with Crippen molar-refractivity contribution in [2.75, 3.05) is 13.2 Å². The van der Waals surface area contributed by atoms with E-state index in [1.807, 2.05) is 32.1 Å². The molecular weight excluding hydrogens is 202 g/mol. The third kappa shape index (κ3) is 3.95. The molecule has 0 saturated heterocycles. The second-order valence-corrected chi connectivity index (χ2v) is 3.93. The Morgan fingerprint density at radius 3 is 2.81 bits per heavy atom. The van der Waals surface area contributed by atoms with Crippen LogP contribution in [0.15, 0.2) is 29.8 Å². The van der Waals surface area contributed by atoms with E-state index >= 15 is 0 Å². The van der Waals surface area contributed by atoms with Crippen molar-refractivity contribution in [3.63, 3.8) is 0 Å². The van der Waals surface area contributed by atoms with E-state index in [9.17, 15) is 5.11 Å². The zero-order chi connectivity index (χ0) is 12.0. The first-order valence-electron chi connectivity index (χ1n) is 5.41. The van der Waals surface area contributed by atoms with E-state index < -0.39 is 0 Å². The van der Waals surface area contributed by atoms with Crippen LogP contribution in [-0.2, 0) is 6.42 Å². The lowest BCUT2D eigenvalue weighted by atomic mass is 10.1. The van der Waals surface area contributed by atoms with E-state index in [0.717, 1.165) is 12.0 Å². The van der Waals surface area contributed by atoms with Crippen LogP contribution in [0.1, 0.15) is 19.4 Å². The van der Waals surface area contributed by atoms with Gasteiger partial charge in [0.15, 0.2) is 11.5 Å². The molecule has 1 aromatic carbocycles. The van der Waals surface area contributed by atoms with Crippen molar-refractivity contribution in [2.24, 2.45) is 5.73 Å². The summed E-state index contributed by atoms with van der Waals surface area (Å²) in [6.07, 6.45) is 2.76. The van der Waals surface area contributed by atoms with Gasteiger partial charge in [0.25, 0.3) is 0 Å². The summed E-state index contributed by atoms with van der Waals surface area (Å²) in [7, 11) is 0. The second kappa shape index (κ2) is 6.18. The van der Waals surface area contributed by atoms with Crippen molar-refractivity contribution < 1.29 is 9.84 Å². The van der Waals surface area contributed by atoms with Gasteiger partial charge < -0.3 is 15.6 Å². The Morgan fingerprint density at radius 2 is 2.19 bits per heavy atom. The van der Waals surface area contributed by atoms with Crippen molar-refractivity contribution in [1.82, 2.24) is 0 Å². The molecule has 3 nitrogen and oxygen atoms in total. The van der Waals surface area contributed by atoms with Gasteiger partial charge in [-0.15, -0.1) is 0 Å². The SMILES string of the molecule is CC(C)=CCOc1cc(CCN)ccc1O. The molecule has 0 aliphatic rings. The van der Waals surface area contributed by atoms with Crippen molar-refractivity contribution in [1.29, 1.82) is 0 Å². The maximum absolute atomic E-state index is 9.59. The van der Waals surface area contributed by atoms with Crippen molar-refractivity contribution in [3.8, 4) is 11.5 Å². The minimum atomic E-state index is 0.169. The molecule has 0 saturated carbocycles. The molecule has 0 spiro atoms. The highest BCUT2D eigenvalue weighted by Crippen LogP contribution is 2.26. The number of rotatable bonds is 5. The minimum Gasteiger partial charge on any atom is -0.504 e. The highest BCUT2D eigenvalue weighted by atomic mass is 16.5. The molecule has 0 atom stereocenters. The fraction of sp³-hybridized carbons (Fsp3) is 0.385. The average Bonchev–Trinajstić information content (AvgIpc) is 2.22. The minimum absolute atomic E-state index is 0.169. The van der Waals surface area contributed by atoms with Gasteiger partial charge in [-0.1, -0.05) is 11.6 Å². The Labute approximate surface area is 96.5 Å². The van der Waals surface area contributed by atoms with Crippen LogP contribution >= 0.6 is 0 Å². The van der Waals surface area contributed by atoms with Gasteiger partial charge in [0.2, 0.25) is 0 Å². The first-order chi connectivity index (χ1) is 7.63. The molecule has 0 unspecified atom stereocenters. The summed E-state index contributed by atoms with van der Waals surface area (Å²) < 4.78 is 5.47. The summed E-state index contributed by atoms with van der Waals surface area (Å²) in [5.74, 6) is 0.686. The van der Waals surface area contributed by atoms with Crippen LogP contribution in [0.25, 0.3) is 0 Å². The number of ether oxygens (including phenoxy) is 1. The maximum Gasteiger partial charge on any atom is 0.161 e. The smallest absolute Gasteiger partial charge is 0.161 e. The second-order valence-electron chi connectivity index (χ2n) is 3.93. The Bertz CT molecular complexity index is 368. The van der Waals surface area contributed by atoms with Crippen LogP contribution in [0.4, 0.5) is 0 Å². The molecule has 1 aromatic rings. The summed E-state index contributed by atoms with van der Waals surface area (Å²) in [6, 6.07) is 5.33. The number of hydrogen-bond acceptors (Lipinski definition) is 3. The van der Waals surface area contributed by atoms with E-state index in [-0.39, 0.29) is 5.75 Å². The fourth-order valence-electron chi connectivity index (χ4n) is 1.29. The number of allylic oxidation sites excluding steroid dienone is 1. The van der Waals surface area contributed by atoms with Crippen LogP contribution in [0.2, 0.25) is 0 Å². The monoisotopic (exact) mass is 221 g/mol. The molecule has 0 aliphatic heterocycles. The lowest BCUT2D eigenvalue weighted by Gasteiger charge is -2.08. The third-order valence-electron chi connectivity index (χ3n) is 2.19. The summed E-state index contributed by atoms with van der Waals surface area (Å²) in [5.41, 5.74) is 7.74. The summed E-state index contributed by atoms with van der Waals surface area (Å²) in [6.45, 7) is 5.09. The van der Waals surface area contributed by atoms with Gasteiger partial charge in [-0.3, -0.25) is 0 Å². The van der Waals surface area contributed by atoms with Gasteiger partial charge in [0.05, 0.1) is 0 Å². The lowest BCUT2D eigenvalue weighted by Crippen LogP contribution is -2.03. The molecule has 1 rings (SSSR count). The standard InChI is InChI=1S/C13H19NO2/c1-10(2)6-8-16-13-9-11(5-7-14)3-4-12(13)15/h3-4,6,9,15H,5,7-8,14H2,1-2H3. The average molecular weight is 221 g/mol. The normalized spacial score (nSPS) is 9.94. The quantitative estimate of drug-likeness (QED) is 0.750. The van der Waals surface area contributed by atoms with Gasteiger partial charge in [0.1, 0.15) is 6.61 Å². The predicted molar refractivity (Wildman–Crippen MR) is 65.8 cm³/mol. The van der Waals surface area contributed by atoms with Gasteiger partial charge in [-0.25, -0.2) is 0 Å². The zero-order valence-electron chi connectivity index (χ0n) is 9.86. The van der Waals surface area contributed by atoms with Crippen molar-refractivity contribution in [2.45, 2.75) is 20.3 Å². The van der Waals surface area contributed by atoms with Gasteiger partial charge in [-0.05, 0) is 50.6 Å². The Morgan fingerprint density at radius 1 is 1.44 bits per heavy atom. The molecule has 0 aliphatic carbocycles. The van der Waals surface area contributed by atoms with Crippen molar-refractivity contribution in [3.05, 3.63) is 35.4 Å². The van der Waals surface area contributed by atoms with Crippen LogP contribution < -0.4 is 10.5 Å². The summed E-state index contributed by atoms with van der Waals surface area (Å²) in [4.78, 5) is 0.